The van der Waals surface area contributed by atoms with Crippen LogP contribution >= 0.6 is 0 Å². The lowest BCUT2D eigenvalue weighted by Gasteiger charge is -2.16. The van der Waals surface area contributed by atoms with Crippen molar-refractivity contribution in [3.63, 3.8) is 0 Å². The maximum Gasteiger partial charge on any atom is 0.191 e. The van der Waals surface area contributed by atoms with Gasteiger partial charge in [0.15, 0.2) is 5.96 Å². The number of guanidine groups is 1. The Morgan fingerprint density at radius 2 is 2.29 bits per heavy atom. The summed E-state index contributed by atoms with van der Waals surface area (Å²) in [5.41, 5.74) is 3.33. The van der Waals surface area contributed by atoms with Crippen LogP contribution in [-0.2, 0) is 6.42 Å². The molecule has 0 aliphatic heterocycles. The van der Waals surface area contributed by atoms with E-state index in [9.17, 15) is 0 Å². The van der Waals surface area contributed by atoms with Gasteiger partial charge in [0, 0.05) is 38.4 Å². The summed E-state index contributed by atoms with van der Waals surface area (Å²) in [6, 6.07) is 4.56. The van der Waals surface area contributed by atoms with Gasteiger partial charge in [-0.05, 0) is 31.9 Å². The molecule has 114 valence electrons. The number of aryl methyl sites for hydroxylation is 1. The number of hydrogen-bond acceptors (Lipinski definition) is 2. The predicted octanol–water partition coefficient (Wildman–Crippen LogP) is 2.15. The molecular formula is C16H25N5. The summed E-state index contributed by atoms with van der Waals surface area (Å²) >= 11 is 0. The summed E-state index contributed by atoms with van der Waals surface area (Å²) in [4.78, 5) is 8.91. The molecule has 0 aliphatic rings. The maximum atomic E-state index is 4.67. The smallest absolute Gasteiger partial charge is 0.191 e. The van der Waals surface area contributed by atoms with E-state index in [2.05, 4.69) is 58.0 Å². The van der Waals surface area contributed by atoms with Gasteiger partial charge < -0.3 is 15.0 Å². The van der Waals surface area contributed by atoms with Crippen molar-refractivity contribution in [2.24, 2.45) is 4.99 Å². The van der Waals surface area contributed by atoms with E-state index in [0.29, 0.717) is 6.04 Å². The summed E-state index contributed by atoms with van der Waals surface area (Å²) < 4.78 is 2.08. The molecule has 2 rings (SSSR count). The fraction of sp³-hybridized carbons (Fsp3) is 0.500. The SMILES string of the molecule is CCC(C)NC(=NC)NCCc1cn2cccc(C)c2n1. The van der Waals surface area contributed by atoms with Crippen LogP contribution in [0.5, 0.6) is 0 Å². The molecule has 5 heteroatoms. The van der Waals surface area contributed by atoms with Gasteiger partial charge in [-0.1, -0.05) is 13.0 Å². The Morgan fingerprint density at radius 1 is 1.48 bits per heavy atom. The van der Waals surface area contributed by atoms with Gasteiger partial charge in [0.1, 0.15) is 5.65 Å². The molecule has 0 fully saturated rings. The van der Waals surface area contributed by atoms with Crippen molar-refractivity contribution in [3.05, 3.63) is 35.8 Å². The van der Waals surface area contributed by atoms with Crippen molar-refractivity contribution >= 4 is 11.6 Å². The molecule has 2 aromatic rings. The summed E-state index contributed by atoms with van der Waals surface area (Å²) in [6.07, 6.45) is 6.08. The summed E-state index contributed by atoms with van der Waals surface area (Å²) in [5, 5.41) is 6.68. The van der Waals surface area contributed by atoms with Gasteiger partial charge in [-0.2, -0.15) is 0 Å². The highest BCUT2D eigenvalue weighted by atomic mass is 15.2. The molecule has 5 nitrogen and oxygen atoms in total. The van der Waals surface area contributed by atoms with E-state index in [1.165, 1.54) is 5.56 Å². The van der Waals surface area contributed by atoms with Gasteiger partial charge in [0.25, 0.3) is 0 Å². The van der Waals surface area contributed by atoms with Crippen LogP contribution in [0.3, 0.4) is 0 Å². The van der Waals surface area contributed by atoms with E-state index in [1.54, 1.807) is 7.05 Å². The minimum Gasteiger partial charge on any atom is -0.356 e. The number of nitrogens with one attached hydrogen (secondary N) is 2. The third kappa shape index (κ3) is 3.97. The van der Waals surface area contributed by atoms with E-state index >= 15 is 0 Å². The van der Waals surface area contributed by atoms with Crippen LogP contribution in [-0.4, -0.2) is 35.0 Å². The Morgan fingerprint density at radius 3 is 2.95 bits per heavy atom. The second kappa shape index (κ2) is 7.11. The van der Waals surface area contributed by atoms with E-state index in [4.69, 9.17) is 0 Å². The number of rotatable bonds is 5. The third-order valence-electron chi connectivity index (χ3n) is 3.62. The fourth-order valence-electron chi connectivity index (χ4n) is 2.16. The first kappa shape index (κ1) is 15.4. The van der Waals surface area contributed by atoms with Gasteiger partial charge in [0.05, 0.1) is 5.69 Å². The quantitative estimate of drug-likeness (QED) is 0.654. The summed E-state index contributed by atoms with van der Waals surface area (Å²) in [7, 11) is 1.80. The van der Waals surface area contributed by atoms with Crippen LogP contribution in [0.2, 0.25) is 0 Å². The lowest BCUT2D eigenvalue weighted by molar-refractivity contribution is 0.624. The number of hydrogen-bond donors (Lipinski definition) is 2. The highest BCUT2D eigenvalue weighted by Crippen LogP contribution is 2.09. The van der Waals surface area contributed by atoms with Crippen LogP contribution in [0.15, 0.2) is 29.5 Å². The van der Waals surface area contributed by atoms with Gasteiger partial charge in [0.2, 0.25) is 0 Å². The number of imidazole rings is 1. The van der Waals surface area contributed by atoms with Gasteiger partial charge in [-0.15, -0.1) is 0 Å². The minimum absolute atomic E-state index is 0.425. The lowest BCUT2D eigenvalue weighted by Crippen LogP contribution is -2.42. The van der Waals surface area contributed by atoms with E-state index < -0.39 is 0 Å². The third-order valence-corrected chi connectivity index (χ3v) is 3.62. The number of aliphatic imine (C=N–C) groups is 1. The van der Waals surface area contributed by atoms with E-state index in [0.717, 1.165) is 36.7 Å². The molecular weight excluding hydrogens is 262 g/mol. The molecule has 0 saturated heterocycles. The van der Waals surface area contributed by atoms with Crippen LogP contribution in [0.25, 0.3) is 5.65 Å². The zero-order valence-corrected chi connectivity index (χ0v) is 13.3. The highest BCUT2D eigenvalue weighted by molar-refractivity contribution is 5.79. The lowest BCUT2D eigenvalue weighted by atomic mass is 10.3. The fourth-order valence-corrected chi connectivity index (χ4v) is 2.16. The van der Waals surface area contributed by atoms with Crippen molar-refractivity contribution in [1.29, 1.82) is 0 Å². The Bertz CT molecular complexity index is 614. The second-order valence-corrected chi connectivity index (χ2v) is 5.36. The molecule has 0 aromatic carbocycles. The van der Waals surface area contributed by atoms with Gasteiger partial charge in [-0.25, -0.2) is 4.98 Å². The van der Waals surface area contributed by atoms with Crippen molar-refractivity contribution < 1.29 is 0 Å². The summed E-state index contributed by atoms with van der Waals surface area (Å²) in [6.45, 7) is 7.21. The molecule has 0 radical (unpaired) electrons. The number of fused-ring (bicyclic) bond motifs is 1. The largest absolute Gasteiger partial charge is 0.356 e. The number of nitrogens with zero attached hydrogens (tertiary/aromatic N) is 3. The normalized spacial score (nSPS) is 13.4. The van der Waals surface area contributed by atoms with Crippen LogP contribution in [0.4, 0.5) is 0 Å². The molecule has 0 aliphatic carbocycles. The molecule has 0 saturated carbocycles. The molecule has 0 bridgehead atoms. The standard InChI is InChI=1S/C16H25N5/c1-5-13(3)19-16(17-4)18-9-8-14-11-21-10-6-7-12(2)15(21)20-14/h6-7,10-11,13H,5,8-9H2,1-4H3,(H2,17,18,19). The van der Waals surface area contributed by atoms with Crippen molar-refractivity contribution in [2.45, 2.75) is 39.7 Å². The molecule has 2 N–H and O–H groups in total. The zero-order valence-electron chi connectivity index (χ0n) is 13.3. The summed E-state index contributed by atoms with van der Waals surface area (Å²) in [5.74, 6) is 0.851. The molecule has 1 atom stereocenters. The maximum absolute atomic E-state index is 4.67. The van der Waals surface area contributed by atoms with E-state index in [1.807, 2.05) is 12.3 Å². The molecule has 0 amide bonds. The monoisotopic (exact) mass is 287 g/mol. The number of pyridine rings is 1. The number of aromatic nitrogens is 2. The Kier molecular flexibility index (Phi) is 5.20. The van der Waals surface area contributed by atoms with Crippen LogP contribution < -0.4 is 10.6 Å². The van der Waals surface area contributed by atoms with Crippen LogP contribution in [0, 0.1) is 6.92 Å². The Balaban J connectivity index is 1.91. The molecule has 2 heterocycles. The van der Waals surface area contributed by atoms with Gasteiger partial charge in [-0.3, -0.25) is 4.99 Å². The van der Waals surface area contributed by atoms with Crippen molar-refractivity contribution in [3.8, 4) is 0 Å². The molecule has 2 aromatic heterocycles. The topological polar surface area (TPSA) is 53.7 Å². The first-order valence-electron chi connectivity index (χ1n) is 7.54. The second-order valence-electron chi connectivity index (χ2n) is 5.36. The first-order chi connectivity index (χ1) is 10.1. The molecule has 0 spiro atoms. The first-order valence-corrected chi connectivity index (χ1v) is 7.54. The zero-order chi connectivity index (χ0) is 15.2. The average Bonchev–Trinajstić information content (AvgIpc) is 2.90. The molecule has 1 unspecified atom stereocenters. The Labute approximate surface area is 126 Å². The average molecular weight is 287 g/mol. The molecule has 21 heavy (non-hydrogen) atoms. The highest BCUT2D eigenvalue weighted by Gasteiger charge is 2.05. The predicted molar refractivity (Wildman–Crippen MR) is 87.9 cm³/mol. The van der Waals surface area contributed by atoms with Crippen molar-refractivity contribution in [1.82, 2.24) is 20.0 Å². The van der Waals surface area contributed by atoms with Crippen LogP contribution in [0.1, 0.15) is 31.5 Å². The van der Waals surface area contributed by atoms with Crippen molar-refractivity contribution in [2.75, 3.05) is 13.6 Å². The van der Waals surface area contributed by atoms with E-state index in [-0.39, 0.29) is 0 Å². The Hall–Kier alpha value is -2.04. The van der Waals surface area contributed by atoms with Gasteiger partial charge >= 0.3 is 0 Å². The minimum atomic E-state index is 0.425.